The summed E-state index contributed by atoms with van der Waals surface area (Å²) < 4.78 is 37.6. The highest BCUT2D eigenvalue weighted by molar-refractivity contribution is 5.69. The zero-order valence-electron chi connectivity index (χ0n) is 19.3. The summed E-state index contributed by atoms with van der Waals surface area (Å²) in [5, 5.41) is 0. The Balaban J connectivity index is 2.40. The molecule has 0 aromatic heterocycles. The Hall–Kier alpha value is -3.67. The predicted octanol–water partition coefficient (Wildman–Crippen LogP) is 1.07. The minimum atomic E-state index is -1.36. The Bertz CT molecular complexity index is 909. The molecule has 34 heavy (non-hydrogen) atoms. The van der Waals surface area contributed by atoms with E-state index in [0.717, 1.165) is 20.8 Å². The molecule has 0 saturated carbocycles. The van der Waals surface area contributed by atoms with Gasteiger partial charge in [-0.25, -0.2) is 0 Å². The van der Waals surface area contributed by atoms with Gasteiger partial charge in [-0.3, -0.25) is 24.0 Å². The average molecular weight is 482 g/mol. The molecule has 2 rings (SSSR count). The maximum atomic E-state index is 11.8. The number of ether oxygens (including phenoxy) is 7. The highest BCUT2D eigenvalue weighted by atomic mass is 16.7. The molecular formula is C22H26O12. The van der Waals surface area contributed by atoms with Crippen LogP contribution in [-0.4, -0.2) is 67.2 Å². The quantitative estimate of drug-likeness (QED) is 0.296. The maximum Gasteiger partial charge on any atom is 0.308 e. The molecule has 1 saturated heterocycles. The van der Waals surface area contributed by atoms with Crippen molar-refractivity contribution in [1.82, 2.24) is 0 Å². The van der Waals surface area contributed by atoms with E-state index < -0.39 is 60.6 Å². The van der Waals surface area contributed by atoms with Crippen molar-refractivity contribution in [3.63, 3.8) is 0 Å². The van der Waals surface area contributed by atoms with Gasteiger partial charge in [-0.2, -0.15) is 0 Å². The van der Waals surface area contributed by atoms with Gasteiger partial charge in [0, 0.05) is 34.6 Å². The fraction of sp³-hybridized carbons (Fsp3) is 0.500. The predicted molar refractivity (Wildman–Crippen MR) is 110 cm³/mol. The second-order valence-electron chi connectivity index (χ2n) is 7.25. The van der Waals surface area contributed by atoms with Gasteiger partial charge in [0.05, 0.1) is 0 Å². The van der Waals surface area contributed by atoms with Crippen molar-refractivity contribution < 1.29 is 57.1 Å². The van der Waals surface area contributed by atoms with Crippen molar-refractivity contribution in [2.75, 3.05) is 6.61 Å². The van der Waals surface area contributed by atoms with Crippen molar-refractivity contribution in [1.29, 1.82) is 0 Å². The Morgan fingerprint density at radius 2 is 1.18 bits per heavy atom. The van der Waals surface area contributed by atoms with Crippen LogP contribution in [0.4, 0.5) is 0 Å². The first-order valence-electron chi connectivity index (χ1n) is 10.2. The second kappa shape index (κ2) is 12.0. The van der Waals surface area contributed by atoms with Crippen LogP contribution in [0.1, 0.15) is 34.6 Å². The van der Waals surface area contributed by atoms with Crippen LogP contribution < -0.4 is 9.47 Å². The lowest BCUT2D eigenvalue weighted by Crippen LogP contribution is -2.63. The Labute approximate surface area is 195 Å². The van der Waals surface area contributed by atoms with E-state index in [1.165, 1.54) is 38.1 Å². The van der Waals surface area contributed by atoms with Crippen molar-refractivity contribution in [3.05, 3.63) is 24.3 Å². The zero-order chi connectivity index (χ0) is 25.4. The molecule has 0 bridgehead atoms. The molecule has 1 aromatic carbocycles. The van der Waals surface area contributed by atoms with Gasteiger partial charge in [0.1, 0.15) is 24.2 Å². The summed E-state index contributed by atoms with van der Waals surface area (Å²) >= 11 is 0. The van der Waals surface area contributed by atoms with Crippen LogP contribution in [0, 0.1) is 0 Å². The van der Waals surface area contributed by atoms with Gasteiger partial charge < -0.3 is 33.2 Å². The molecule has 0 spiro atoms. The van der Waals surface area contributed by atoms with Crippen LogP contribution in [0.5, 0.6) is 11.5 Å². The third kappa shape index (κ3) is 8.03. The summed E-state index contributed by atoms with van der Waals surface area (Å²) in [6.45, 7) is 5.43. The minimum absolute atomic E-state index is 0.219. The smallest absolute Gasteiger partial charge is 0.308 e. The SMILES string of the molecule is CC(=O)OCC1OC(Oc2ccc(OC(C)=O)cc2)C(OC(C)=O)C(OC(C)=O)C1OC(C)=O. The molecule has 1 fully saturated rings. The molecular weight excluding hydrogens is 456 g/mol. The van der Waals surface area contributed by atoms with Crippen molar-refractivity contribution >= 4 is 29.8 Å². The van der Waals surface area contributed by atoms with E-state index in [1.807, 2.05) is 0 Å². The maximum absolute atomic E-state index is 11.8. The van der Waals surface area contributed by atoms with Crippen molar-refractivity contribution in [2.45, 2.75) is 65.3 Å². The van der Waals surface area contributed by atoms with E-state index in [2.05, 4.69) is 0 Å². The first-order chi connectivity index (χ1) is 16.0. The van der Waals surface area contributed by atoms with E-state index in [1.54, 1.807) is 0 Å². The summed E-state index contributed by atoms with van der Waals surface area (Å²) in [4.78, 5) is 57.8. The normalized spacial score (nSPS) is 23.7. The average Bonchev–Trinajstić information content (AvgIpc) is 2.71. The number of carbonyl (C=O) groups is 5. The van der Waals surface area contributed by atoms with Gasteiger partial charge in [-0.15, -0.1) is 0 Å². The number of carbonyl (C=O) groups excluding carboxylic acids is 5. The zero-order valence-corrected chi connectivity index (χ0v) is 19.3. The van der Waals surface area contributed by atoms with Gasteiger partial charge in [0.25, 0.3) is 0 Å². The first kappa shape index (κ1) is 26.6. The molecule has 5 atom stereocenters. The fourth-order valence-corrected chi connectivity index (χ4v) is 3.17. The van der Waals surface area contributed by atoms with Gasteiger partial charge >= 0.3 is 29.8 Å². The molecule has 0 radical (unpaired) electrons. The second-order valence-corrected chi connectivity index (χ2v) is 7.25. The number of hydrogen-bond donors (Lipinski definition) is 0. The molecule has 0 amide bonds. The molecule has 1 heterocycles. The van der Waals surface area contributed by atoms with Crippen molar-refractivity contribution in [2.24, 2.45) is 0 Å². The lowest BCUT2D eigenvalue weighted by Gasteiger charge is -2.43. The summed E-state index contributed by atoms with van der Waals surface area (Å²) in [6, 6.07) is 5.85. The standard InChI is InChI=1S/C22H26O12/c1-11(23)28-10-18-19(30-13(3)25)20(31-14(4)26)21(32-15(5)27)22(34-18)33-17-8-6-16(7-9-17)29-12(2)24/h6-9,18-22H,10H2,1-5H3. The molecule has 12 heteroatoms. The monoisotopic (exact) mass is 482 g/mol. The Morgan fingerprint density at radius 1 is 0.676 bits per heavy atom. The first-order valence-corrected chi connectivity index (χ1v) is 10.2. The van der Waals surface area contributed by atoms with E-state index in [0.29, 0.717) is 0 Å². The largest absolute Gasteiger partial charge is 0.463 e. The molecule has 1 aromatic rings. The third-order valence-corrected chi connectivity index (χ3v) is 4.29. The minimum Gasteiger partial charge on any atom is -0.463 e. The topological polar surface area (TPSA) is 150 Å². The van der Waals surface area contributed by atoms with Gasteiger partial charge in [-0.05, 0) is 24.3 Å². The fourth-order valence-electron chi connectivity index (χ4n) is 3.17. The molecule has 0 aliphatic carbocycles. The molecule has 5 unspecified atom stereocenters. The van der Waals surface area contributed by atoms with E-state index in [4.69, 9.17) is 33.2 Å². The third-order valence-electron chi connectivity index (χ3n) is 4.29. The van der Waals surface area contributed by atoms with Gasteiger partial charge in [0.15, 0.2) is 12.2 Å². The molecule has 0 N–H and O–H groups in total. The highest BCUT2D eigenvalue weighted by Crippen LogP contribution is 2.31. The molecule has 1 aliphatic heterocycles. The van der Waals surface area contributed by atoms with E-state index in [-0.39, 0.29) is 18.1 Å². The lowest BCUT2D eigenvalue weighted by atomic mass is 9.98. The van der Waals surface area contributed by atoms with Gasteiger partial charge in [0.2, 0.25) is 12.4 Å². The van der Waals surface area contributed by atoms with Crippen LogP contribution >= 0.6 is 0 Å². The number of esters is 5. The molecule has 186 valence electrons. The van der Waals surface area contributed by atoms with E-state index >= 15 is 0 Å². The van der Waals surface area contributed by atoms with Crippen LogP contribution in [0.25, 0.3) is 0 Å². The Kier molecular flexibility index (Phi) is 9.36. The van der Waals surface area contributed by atoms with Gasteiger partial charge in [-0.1, -0.05) is 0 Å². The lowest BCUT2D eigenvalue weighted by molar-refractivity contribution is -0.288. The number of rotatable bonds is 8. The summed E-state index contributed by atoms with van der Waals surface area (Å²) in [6.07, 6.45) is -6.47. The molecule has 1 aliphatic rings. The summed E-state index contributed by atoms with van der Waals surface area (Å²) in [7, 11) is 0. The van der Waals surface area contributed by atoms with Crippen LogP contribution in [0.2, 0.25) is 0 Å². The molecule has 12 nitrogen and oxygen atoms in total. The summed E-state index contributed by atoms with van der Waals surface area (Å²) in [5.41, 5.74) is 0. The van der Waals surface area contributed by atoms with Crippen LogP contribution in [0.3, 0.4) is 0 Å². The highest BCUT2D eigenvalue weighted by Gasteiger charge is 2.53. The van der Waals surface area contributed by atoms with Crippen molar-refractivity contribution in [3.8, 4) is 11.5 Å². The number of hydrogen-bond acceptors (Lipinski definition) is 12. The van der Waals surface area contributed by atoms with E-state index in [9.17, 15) is 24.0 Å². The number of benzene rings is 1. The van der Waals surface area contributed by atoms with Crippen LogP contribution in [-0.2, 0) is 47.7 Å². The summed E-state index contributed by atoms with van der Waals surface area (Å²) in [5.74, 6) is -2.89. The van der Waals surface area contributed by atoms with Crippen LogP contribution in [0.15, 0.2) is 24.3 Å². The Morgan fingerprint density at radius 3 is 1.68 bits per heavy atom.